The molecular formula is C16H20N2O4S2. The average Bonchev–Trinajstić information content (AvgIpc) is 2.99. The van der Waals surface area contributed by atoms with Crippen LogP contribution in [0.2, 0.25) is 0 Å². The maximum atomic E-state index is 11.8. The Morgan fingerprint density at radius 2 is 2.08 bits per heavy atom. The van der Waals surface area contributed by atoms with Crippen molar-refractivity contribution in [1.82, 2.24) is 5.32 Å². The Kier molecular flexibility index (Phi) is 6.36. The minimum absolute atomic E-state index is 0.0957. The second-order valence-corrected chi connectivity index (χ2v) is 8.27. The van der Waals surface area contributed by atoms with E-state index in [2.05, 4.69) is 5.32 Å². The van der Waals surface area contributed by atoms with Crippen LogP contribution in [0, 0.1) is 6.92 Å². The van der Waals surface area contributed by atoms with Gasteiger partial charge in [0.25, 0.3) is 0 Å². The summed E-state index contributed by atoms with van der Waals surface area (Å²) in [4.78, 5) is 12.5. The van der Waals surface area contributed by atoms with Crippen molar-refractivity contribution >= 4 is 27.3 Å². The van der Waals surface area contributed by atoms with Crippen molar-refractivity contribution in [1.29, 1.82) is 0 Å². The number of nitrogens with two attached hydrogens (primary N) is 1. The van der Waals surface area contributed by atoms with Crippen LogP contribution in [0.15, 0.2) is 40.6 Å². The van der Waals surface area contributed by atoms with Gasteiger partial charge in [0.15, 0.2) is 0 Å². The fourth-order valence-corrected chi connectivity index (χ4v) is 3.73. The van der Waals surface area contributed by atoms with Crippen LogP contribution in [0.4, 0.5) is 0 Å². The number of nitrogens with one attached hydrogen (secondary N) is 1. The molecule has 0 aliphatic heterocycles. The van der Waals surface area contributed by atoms with Gasteiger partial charge >= 0.3 is 0 Å². The first-order valence-corrected chi connectivity index (χ1v) is 9.78. The van der Waals surface area contributed by atoms with Crippen LogP contribution in [0.1, 0.15) is 23.3 Å². The number of ether oxygens (including phenoxy) is 1. The van der Waals surface area contributed by atoms with Crippen LogP contribution in [-0.4, -0.2) is 20.9 Å². The van der Waals surface area contributed by atoms with Crippen molar-refractivity contribution in [2.75, 3.05) is 6.61 Å². The number of thiophene rings is 1. The van der Waals surface area contributed by atoms with Gasteiger partial charge in [0.05, 0.1) is 13.2 Å². The molecule has 0 spiro atoms. The number of hydrogen-bond acceptors (Lipinski definition) is 5. The molecule has 1 heterocycles. The molecule has 0 aliphatic carbocycles. The van der Waals surface area contributed by atoms with Gasteiger partial charge in [0.2, 0.25) is 15.9 Å². The lowest BCUT2D eigenvalue weighted by atomic mass is 10.2. The number of sulfonamides is 1. The van der Waals surface area contributed by atoms with Crippen molar-refractivity contribution in [3.05, 3.63) is 46.8 Å². The maximum absolute atomic E-state index is 11.8. The molecule has 1 aromatic carbocycles. The Labute approximate surface area is 145 Å². The summed E-state index contributed by atoms with van der Waals surface area (Å²) in [6.07, 6.45) is 0.950. The molecule has 0 bridgehead atoms. The highest BCUT2D eigenvalue weighted by Gasteiger charge is 2.11. The molecule has 1 aromatic heterocycles. The van der Waals surface area contributed by atoms with E-state index in [-0.39, 0.29) is 16.7 Å². The van der Waals surface area contributed by atoms with Crippen LogP contribution in [-0.2, 0) is 21.4 Å². The number of primary sulfonamides is 1. The molecule has 2 aromatic rings. The zero-order chi connectivity index (χ0) is 17.6. The Morgan fingerprint density at radius 3 is 2.75 bits per heavy atom. The Bertz CT molecular complexity index is 800. The number of carbonyl (C=O) groups excluding carboxylic acids is 1. The lowest BCUT2D eigenvalue weighted by molar-refractivity contribution is -0.121. The fraction of sp³-hybridized carbons (Fsp3) is 0.312. The average molecular weight is 368 g/mol. The molecule has 24 heavy (non-hydrogen) atoms. The van der Waals surface area contributed by atoms with Gasteiger partial charge in [-0.05, 0) is 43.2 Å². The predicted octanol–water partition coefficient (Wildman–Crippen LogP) is 2.18. The standard InChI is InChI=1S/C16H20N2O4S2/c1-12-4-2-5-13(10-12)22-9-3-6-15(19)18-11-14-7-8-16(23-14)24(17,20)21/h2,4-5,7-8,10H,3,6,9,11H2,1H3,(H,18,19)(H2,17,20,21). The monoisotopic (exact) mass is 368 g/mol. The smallest absolute Gasteiger partial charge is 0.247 e. The van der Waals surface area contributed by atoms with Crippen molar-refractivity contribution in [3.63, 3.8) is 0 Å². The summed E-state index contributed by atoms with van der Waals surface area (Å²) in [6, 6.07) is 10.8. The van der Waals surface area contributed by atoms with E-state index in [1.807, 2.05) is 31.2 Å². The summed E-state index contributed by atoms with van der Waals surface area (Å²) in [6.45, 7) is 2.75. The molecule has 130 valence electrons. The molecule has 0 saturated carbocycles. The Balaban J connectivity index is 1.67. The number of aryl methyl sites for hydroxylation is 1. The molecule has 0 fully saturated rings. The largest absolute Gasteiger partial charge is 0.494 e. The predicted molar refractivity (Wildman–Crippen MR) is 93.4 cm³/mol. The molecule has 6 nitrogen and oxygen atoms in total. The van der Waals surface area contributed by atoms with Crippen LogP contribution in [0.3, 0.4) is 0 Å². The summed E-state index contributed by atoms with van der Waals surface area (Å²) in [5, 5.41) is 7.80. The summed E-state index contributed by atoms with van der Waals surface area (Å²) in [5.41, 5.74) is 1.13. The molecular weight excluding hydrogens is 348 g/mol. The van der Waals surface area contributed by atoms with Crippen molar-refractivity contribution < 1.29 is 17.9 Å². The number of rotatable bonds is 8. The Hall–Kier alpha value is -1.90. The van der Waals surface area contributed by atoms with Crippen molar-refractivity contribution in [2.45, 2.75) is 30.5 Å². The number of carbonyl (C=O) groups is 1. The third-order valence-electron chi connectivity index (χ3n) is 3.18. The zero-order valence-corrected chi connectivity index (χ0v) is 15.0. The summed E-state index contributed by atoms with van der Waals surface area (Å²) in [5.74, 6) is 0.693. The number of benzene rings is 1. The van der Waals surface area contributed by atoms with Gasteiger partial charge in [-0.2, -0.15) is 0 Å². The van der Waals surface area contributed by atoms with Gasteiger partial charge in [0.1, 0.15) is 9.96 Å². The van der Waals surface area contributed by atoms with Gasteiger partial charge < -0.3 is 10.1 Å². The molecule has 8 heteroatoms. The van der Waals surface area contributed by atoms with Gasteiger partial charge in [-0.3, -0.25) is 4.79 Å². The van der Waals surface area contributed by atoms with E-state index in [9.17, 15) is 13.2 Å². The first-order chi connectivity index (χ1) is 11.3. The van der Waals surface area contributed by atoms with E-state index in [4.69, 9.17) is 9.88 Å². The molecule has 0 saturated heterocycles. The molecule has 0 atom stereocenters. The van der Waals surface area contributed by atoms with Gasteiger partial charge in [-0.25, -0.2) is 13.6 Å². The van der Waals surface area contributed by atoms with Crippen LogP contribution < -0.4 is 15.2 Å². The topological polar surface area (TPSA) is 98.5 Å². The molecule has 2 rings (SSSR count). The van der Waals surface area contributed by atoms with Crippen LogP contribution >= 0.6 is 11.3 Å². The third kappa shape index (κ3) is 5.95. The molecule has 0 aliphatic rings. The number of hydrogen-bond donors (Lipinski definition) is 2. The minimum atomic E-state index is -3.68. The third-order valence-corrected chi connectivity index (χ3v) is 5.71. The first kappa shape index (κ1) is 18.4. The lowest BCUT2D eigenvalue weighted by Crippen LogP contribution is -2.22. The van der Waals surface area contributed by atoms with E-state index in [0.29, 0.717) is 19.4 Å². The zero-order valence-electron chi connectivity index (χ0n) is 13.3. The van der Waals surface area contributed by atoms with E-state index in [1.54, 1.807) is 6.07 Å². The van der Waals surface area contributed by atoms with E-state index in [1.165, 1.54) is 6.07 Å². The number of amides is 1. The van der Waals surface area contributed by atoms with Gasteiger partial charge in [0, 0.05) is 11.3 Å². The van der Waals surface area contributed by atoms with E-state index in [0.717, 1.165) is 27.5 Å². The fourth-order valence-electron chi connectivity index (χ4n) is 2.01. The quantitative estimate of drug-likeness (QED) is 0.698. The van der Waals surface area contributed by atoms with Crippen molar-refractivity contribution in [3.8, 4) is 5.75 Å². The summed E-state index contributed by atoms with van der Waals surface area (Å²) in [7, 11) is -3.68. The second-order valence-electron chi connectivity index (χ2n) is 5.31. The molecule has 3 N–H and O–H groups in total. The van der Waals surface area contributed by atoms with E-state index >= 15 is 0 Å². The SMILES string of the molecule is Cc1cccc(OCCCC(=O)NCc2ccc(S(N)(=O)=O)s2)c1. The van der Waals surface area contributed by atoms with E-state index < -0.39 is 10.0 Å². The maximum Gasteiger partial charge on any atom is 0.247 e. The summed E-state index contributed by atoms with van der Waals surface area (Å²) >= 11 is 1.06. The molecule has 0 unspecified atom stereocenters. The second kappa shape index (κ2) is 8.27. The molecule has 0 radical (unpaired) electrons. The lowest BCUT2D eigenvalue weighted by Gasteiger charge is -2.07. The van der Waals surface area contributed by atoms with Crippen molar-refractivity contribution in [2.24, 2.45) is 5.14 Å². The first-order valence-electron chi connectivity index (χ1n) is 7.42. The van der Waals surface area contributed by atoms with Crippen LogP contribution in [0.25, 0.3) is 0 Å². The van der Waals surface area contributed by atoms with Gasteiger partial charge in [-0.15, -0.1) is 11.3 Å². The molecule has 1 amide bonds. The minimum Gasteiger partial charge on any atom is -0.494 e. The highest BCUT2D eigenvalue weighted by atomic mass is 32.2. The summed E-state index contributed by atoms with van der Waals surface area (Å²) < 4.78 is 28.0. The highest BCUT2D eigenvalue weighted by molar-refractivity contribution is 7.91. The van der Waals surface area contributed by atoms with Gasteiger partial charge in [-0.1, -0.05) is 12.1 Å². The highest BCUT2D eigenvalue weighted by Crippen LogP contribution is 2.20. The van der Waals surface area contributed by atoms with Crippen LogP contribution in [0.5, 0.6) is 5.75 Å². The normalized spacial score (nSPS) is 11.2. The Morgan fingerprint density at radius 1 is 1.29 bits per heavy atom.